The molecule has 1 aromatic heterocycles. The van der Waals surface area contributed by atoms with Crippen molar-refractivity contribution in [2.24, 2.45) is 0 Å². The molecule has 0 aliphatic carbocycles. The minimum Gasteiger partial charge on any atom is -0.314 e. The minimum absolute atomic E-state index is 0.248. The van der Waals surface area contributed by atoms with Gasteiger partial charge in [-0.2, -0.15) is 0 Å². The van der Waals surface area contributed by atoms with Gasteiger partial charge in [-0.05, 0) is 30.7 Å². The molecule has 0 amide bonds. The lowest BCUT2D eigenvalue weighted by atomic mass is 10.1. The van der Waals surface area contributed by atoms with Crippen LogP contribution < -0.4 is 10.0 Å². The van der Waals surface area contributed by atoms with E-state index in [0.29, 0.717) is 11.2 Å². The van der Waals surface area contributed by atoms with E-state index >= 15 is 0 Å². The number of aromatic nitrogens is 1. The van der Waals surface area contributed by atoms with Gasteiger partial charge in [-0.3, -0.25) is 4.72 Å². The SMILES string of the molecule is CC(C)NCCc1ccc(S(=O)(=O)Nc2nccs2)cc1. The van der Waals surface area contributed by atoms with E-state index in [1.54, 1.807) is 23.7 Å². The number of sulfonamides is 1. The minimum atomic E-state index is -3.55. The maximum absolute atomic E-state index is 12.2. The molecule has 7 heteroatoms. The summed E-state index contributed by atoms with van der Waals surface area (Å²) in [6, 6.07) is 7.39. The molecule has 2 rings (SSSR count). The van der Waals surface area contributed by atoms with Crippen LogP contribution in [0.1, 0.15) is 19.4 Å². The van der Waals surface area contributed by atoms with E-state index in [0.717, 1.165) is 18.5 Å². The zero-order chi connectivity index (χ0) is 15.3. The number of rotatable bonds is 7. The molecule has 0 aliphatic heterocycles. The highest BCUT2D eigenvalue weighted by molar-refractivity contribution is 7.93. The summed E-state index contributed by atoms with van der Waals surface area (Å²) in [7, 11) is -3.55. The van der Waals surface area contributed by atoms with E-state index < -0.39 is 10.0 Å². The number of anilines is 1. The van der Waals surface area contributed by atoms with Gasteiger partial charge in [0, 0.05) is 17.6 Å². The fourth-order valence-electron chi connectivity index (χ4n) is 1.79. The first kappa shape index (κ1) is 15.9. The molecule has 0 atom stereocenters. The number of hydrogen-bond donors (Lipinski definition) is 2. The maximum Gasteiger partial charge on any atom is 0.263 e. The Morgan fingerprint density at radius 1 is 1.24 bits per heavy atom. The number of nitrogens with zero attached hydrogens (tertiary/aromatic N) is 1. The Morgan fingerprint density at radius 2 is 1.95 bits per heavy atom. The molecular formula is C14H19N3O2S2. The molecule has 2 N–H and O–H groups in total. The average Bonchev–Trinajstić information content (AvgIpc) is 2.91. The van der Waals surface area contributed by atoms with E-state index in [4.69, 9.17) is 0 Å². The zero-order valence-corrected chi connectivity index (χ0v) is 13.7. The predicted molar refractivity (Wildman–Crippen MR) is 86.2 cm³/mol. The van der Waals surface area contributed by atoms with Crippen molar-refractivity contribution in [3.8, 4) is 0 Å². The molecule has 114 valence electrons. The van der Waals surface area contributed by atoms with Gasteiger partial charge in [0.25, 0.3) is 10.0 Å². The van der Waals surface area contributed by atoms with Gasteiger partial charge in [-0.15, -0.1) is 11.3 Å². The number of nitrogens with one attached hydrogen (secondary N) is 2. The van der Waals surface area contributed by atoms with Crippen LogP contribution in [0.25, 0.3) is 0 Å². The van der Waals surface area contributed by atoms with Gasteiger partial charge >= 0.3 is 0 Å². The summed E-state index contributed by atoms with van der Waals surface area (Å²) in [4.78, 5) is 4.17. The molecular weight excluding hydrogens is 306 g/mol. The van der Waals surface area contributed by atoms with Crippen LogP contribution in [-0.2, 0) is 16.4 Å². The van der Waals surface area contributed by atoms with Crippen molar-refractivity contribution in [3.05, 3.63) is 41.4 Å². The fraction of sp³-hybridized carbons (Fsp3) is 0.357. The molecule has 5 nitrogen and oxygen atoms in total. The number of thiazole rings is 1. The molecule has 0 saturated carbocycles. The maximum atomic E-state index is 12.2. The van der Waals surface area contributed by atoms with Gasteiger partial charge in [0.2, 0.25) is 0 Å². The van der Waals surface area contributed by atoms with E-state index in [9.17, 15) is 8.42 Å². The topological polar surface area (TPSA) is 71.1 Å². The summed E-state index contributed by atoms with van der Waals surface area (Å²) < 4.78 is 26.8. The molecule has 0 unspecified atom stereocenters. The zero-order valence-electron chi connectivity index (χ0n) is 12.0. The molecule has 0 saturated heterocycles. The van der Waals surface area contributed by atoms with Crippen LogP contribution in [0, 0.1) is 0 Å². The van der Waals surface area contributed by atoms with E-state index in [1.165, 1.54) is 11.3 Å². The molecule has 0 aliphatic rings. The van der Waals surface area contributed by atoms with Crippen molar-refractivity contribution in [2.75, 3.05) is 11.3 Å². The van der Waals surface area contributed by atoms with Crippen LogP contribution in [0.3, 0.4) is 0 Å². The molecule has 0 spiro atoms. The molecule has 1 aromatic carbocycles. The molecule has 21 heavy (non-hydrogen) atoms. The average molecular weight is 325 g/mol. The van der Waals surface area contributed by atoms with Crippen molar-refractivity contribution < 1.29 is 8.42 Å². The monoisotopic (exact) mass is 325 g/mol. The van der Waals surface area contributed by atoms with Crippen molar-refractivity contribution in [3.63, 3.8) is 0 Å². The van der Waals surface area contributed by atoms with Gasteiger partial charge in [0.05, 0.1) is 4.90 Å². The number of hydrogen-bond acceptors (Lipinski definition) is 5. The van der Waals surface area contributed by atoms with E-state index in [-0.39, 0.29) is 4.90 Å². The van der Waals surface area contributed by atoms with E-state index in [1.807, 2.05) is 12.1 Å². The summed E-state index contributed by atoms with van der Waals surface area (Å²) in [6.07, 6.45) is 2.44. The Morgan fingerprint density at radius 3 is 2.52 bits per heavy atom. The van der Waals surface area contributed by atoms with Crippen molar-refractivity contribution >= 4 is 26.5 Å². The van der Waals surface area contributed by atoms with Gasteiger partial charge in [0.15, 0.2) is 5.13 Å². The second kappa shape index (κ2) is 7.02. The Balaban J connectivity index is 2.01. The highest BCUT2D eigenvalue weighted by Crippen LogP contribution is 2.18. The van der Waals surface area contributed by atoms with Gasteiger partial charge in [0.1, 0.15) is 0 Å². The largest absolute Gasteiger partial charge is 0.314 e. The van der Waals surface area contributed by atoms with Crippen molar-refractivity contribution in [1.82, 2.24) is 10.3 Å². The lowest BCUT2D eigenvalue weighted by Crippen LogP contribution is -2.24. The normalized spacial score (nSPS) is 11.8. The van der Waals surface area contributed by atoms with Crippen LogP contribution in [0.2, 0.25) is 0 Å². The number of benzene rings is 1. The highest BCUT2D eigenvalue weighted by atomic mass is 32.2. The van der Waals surface area contributed by atoms with Gasteiger partial charge in [-0.25, -0.2) is 13.4 Å². The lowest BCUT2D eigenvalue weighted by molar-refractivity contribution is 0.590. The lowest BCUT2D eigenvalue weighted by Gasteiger charge is -2.09. The Bertz CT molecular complexity index is 650. The van der Waals surface area contributed by atoms with Crippen LogP contribution in [0.5, 0.6) is 0 Å². The summed E-state index contributed by atoms with van der Waals surface area (Å²) in [5, 5.41) is 5.43. The summed E-state index contributed by atoms with van der Waals surface area (Å²) in [6.45, 7) is 5.07. The molecule has 2 aromatic rings. The van der Waals surface area contributed by atoms with E-state index in [2.05, 4.69) is 28.9 Å². The first-order valence-electron chi connectivity index (χ1n) is 6.72. The molecule has 1 heterocycles. The standard InChI is InChI=1S/C14H19N3O2S2/c1-11(2)15-8-7-12-3-5-13(6-4-12)21(18,19)17-14-16-9-10-20-14/h3-6,9-11,15H,7-8H2,1-2H3,(H,16,17). The second-order valence-corrected chi connectivity index (χ2v) is 7.52. The molecule has 0 bridgehead atoms. The van der Waals surface area contributed by atoms with Crippen molar-refractivity contribution in [2.45, 2.75) is 31.2 Å². The quantitative estimate of drug-likeness (QED) is 0.820. The Labute approximate surface area is 129 Å². The summed E-state index contributed by atoms with van der Waals surface area (Å²) in [5.41, 5.74) is 1.11. The predicted octanol–water partition coefficient (Wildman–Crippen LogP) is 2.48. The van der Waals surface area contributed by atoms with Gasteiger partial charge in [-0.1, -0.05) is 26.0 Å². The van der Waals surface area contributed by atoms with Gasteiger partial charge < -0.3 is 5.32 Å². The first-order valence-corrected chi connectivity index (χ1v) is 9.08. The van der Waals surface area contributed by atoms with Crippen molar-refractivity contribution in [1.29, 1.82) is 0 Å². The third-order valence-electron chi connectivity index (χ3n) is 2.85. The fourth-order valence-corrected chi connectivity index (χ4v) is 3.58. The smallest absolute Gasteiger partial charge is 0.263 e. The third-order valence-corrected chi connectivity index (χ3v) is 5.03. The second-order valence-electron chi connectivity index (χ2n) is 4.95. The third kappa shape index (κ3) is 4.80. The summed E-state index contributed by atoms with van der Waals surface area (Å²) >= 11 is 1.25. The molecule has 0 radical (unpaired) electrons. The highest BCUT2D eigenvalue weighted by Gasteiger charge is 2.15. The summed E-state index contributed by atoms with van der Waals surface area (Å²) in [5.74, 6) is 0. The first-order chi connectivity index (χ1) is 9.97. The van der Waals surface area contributed by atoms with Crippen LogP contribution in [0.15, 0.2) is 40.7 Å². The van der Waals surface area contributed by atoms with Crippen LogP contribution in [0.4, 0.5) is 5.13 Å². The Hall–Kier alpha value is -1.44. The van der Waals surface area contributed by atoms with Crippen LogP contribution in [-0.4, -0.2) is 26.0 Å². The molecule has 0 fully saturated rings. The Kier molecular flexibility index (Phi) is 5.33. The van der Waals surface area contributed by atoms with Crippen LogP contribution >= 0.6 is 11.3 Å².